The SMILES string of the molecule is CCNC(=O)NC(=O)CN(C[C@@H](C)O)c1ccccc1. The molecule has 20 heavy (non-hydrogen) atoms. The second kappa shape index (κ2) is 8.16. The van der Waals surface area contributed by atoms with Crippen LogP contribution in [-0.2, 0) is 4.79 Å². The number of urea groups is 1. The Morgan fingerprint density at radius 1 is 1.30 bits per heavy atom. The minimum absolute atomic E-state index is 0.00600. The molecule has 0 fully saturated rings. The summed E-state index contributed by atoms with van der Waals surface area (Å²) in [6.07, 6.45) is -0.576. The Balaban J connectivity index is 2.66. The fourth-order valence-corrected chi connectivity index (χ4v) is 1.76. The maximum atomic E-state index is 11.8. The lowest BCUT2D eigenvalue weighted by Gasteiger charge is -2.25. The van der Waals surface area contributed by atoms with Gasteiger partial charge in [-0.25, -0.2) is 4.79 Å². The largest absolute Gasteiger partial charge is 0.392 e. The molecule has 3 amide bonds. The van der Waals surface area contributed by atoms with Crippen molar-refractivity contribution in [3.63, 3.8) is 0 Å². The van der Waals surface area contributed by atoms with Crippen LogP contribution in [0.4, 0.5) is 10.5 Å². The first-order valence-electron chi connectivity index (χ1n) is 6.58. The van der Waals surface area contributed by atoms with E-state index in [1.165, 1.54) is 0 Å². The van der Waals surface area contributed by atoms with Gasteiger partial charge in [0.2, 0.25) is 5.91 Å². The third-order valence-corrected chi connectivity index (χ3v) is 2.53. The number of hydrogen-bond donors (Lipinski definition) is 3. The lowest BCUT2D eigenvalue weighted by molar-refractivity contribution is -0.118. The Labute approximate surface area is 118 Å². The van der Waals surface area contributed by atoms with Crippen LogP contribution in [0.5, 0.6) is 0 Å². The van der Waals surface area contributed by atoms with Crippen LogP contribution in [0.15, 0.2) is 30.3 Å². The Hall–Kier alpha value is -2.08. The van der Waals surface area contributed by atoms with E-state index in [0.29, 0.717) is 13.1 Å². The van der Waals surface area contributed by atoms with Crippen molar-refractivity contribution in [1.82, 2.24) is 10.6 Å². The molecule has 0 bridgehead atoms. The maximum Gasteiger partial charge on any atom is 0.321 e. The zero-order valence-corrected chi connectivity index (χ0v) is 11.8. The van der Waals surface area contributed by atoms with Gasteiger partial charge in [0.15, 0.2) is 0 Å². The highest BCUT2D eigenvalue weighted by Crippen LogP contribution is 2.13. The molecule has 1 atom stereocenters. The molecule has 0 spiro atoms. The highest BCUT2D eigenvalue weighted by molar-refractivity contribution is 5.96. The fraction of sp³-hybridized carbons (Fsp3) is 0.429. The van der Waals surface area contributed by atoms with Crippen molar-refractivity contribution in [2.24, 2.45) is 0 Å². The summed E-state index contributed by atoms with van der Waals surface area (Å²) in [7, 11) is 0. The number of nitrogens with zero attached hydrogens (tertiary/aromatic N) is 1. The number of rotatable bonds is 6. The number of carbonyl (C=O) groups is 2. The topological polar surface area (TPSA) is 81.7 Å². The molecular weight excluding hydrogens is 258 g/mol. The molecule has 1 aromatic rings. The number of nitrogens with one attached hydrogen (secondary N) is 2. The average molecular weight is 279 g/mol. The summed E-state index contributed by atoms with van der Waals surface area (Å²) in [5.41, 5.74) is 0.819. The van der Waals surface area contributed by atoms with Crippen molar-refractivity contribution < 1.29 is 14.7 Å². The molecule has 0 unspecified atom stereocenters. The third-order valence-electron chi connectivity index (χ3n) is 2.53. The summed E-state index contributed by atoms with van der Waals surface area (Å²) in [6.45, 7) is 4.19. The molecule has 3 N–H and O–H groups in total. The van der Waals surface area contributed by atoms with Gasteiger partial charge in [-0.1, -0.05) is 18.2 Å². The van der Waals surface area contributed by atoms with Gasteiger partial charge < -0.3 is 15.3 Å². The summed E-state index contributed by atoms with van der Waals surface area (Å²) in [4.78, 5) is 24.8. The summed E-state index contributed by atoms with van der Waals surface area (Å²) in [5, 5.41) is 14.2. The van der Waals surface area contributed by atoms with Gasteiger partial charge in [0.1, 0.15) is 0 Å². The van der Waals surface area contributed by atoms with Gasteiger partial charge in [0.25, 0.3) is 0 Å². The zero-order valence-electron chi connectivity index (χ0n) is 11.8. The first-order chi connectivity index (χ1) is 9.52. The van der Waals surface area contributed by atoms with E-state index < -0.39 is 18.0 Å². The second-order valence-corrected chi connectivity index (χ2v) is 4.47. The van der Waals surface area contributed by atoms with E-state index in [9.17, 15) is 14.7 Å². The molecule has 1 aromatic carbocycles. The van der Waals surface area contributed by atoms with E-state index in [4.69, 9.17) is 0 Å². The Morgan fingerprint density at radius 3 is 2.50 bits per heavy atom. The van der Waals surface area contributed by atoms with Gasteiger partial charge in [-0.15, -0.1) is 0 Å². The number of imide groups is 1. The zero-order chi connectivity index (χ0) is 15.0. The third kappa shape index (κ3) is 5.71. The Bertz CT molecular complexity index is 435. The fourth-order valence-electron chi connectivity index (χ4n) is 1.76. The molecule has 6 heteroatoms. The number of hydrogen-bond acceptors (Lipinski definition) is 4. The van der Waals surface area contributed by atoms with Gasteiger partial charge in [-0.3, -0.25) is 10.1 Å². The normalized spacial score (nSPS) is 11.6. The summed E-state index contributed by atoms with van der Waals surface area (Å²) in [6, 6.07) is 8.77. The smallest absolute Gasteiger partial charge is 0.321 e. The molecule has 0 aliphatic carbocycles. The quantitative estimate of drug-likeness (QED) is 0.716. The molecule has 110 valence electrons. The van der Waals surface area contributed by atoms with Crippen LogP contribution >= 0.6 is 0 Å². The van der Waals surface area contributed by atoms with Crippen LogP contribution in [0.2, 0.25) is 0 Å². The first kappa shape index (κ1) is 16.0. The minimum Gasteiger partial charge on any atom is -0.392 e. The lowest BCUT2D eigenvalue weighted by Crippen LogP contribution is -2.45. The first-order valence-corrected chi connectivity index (χ1v) is 6.58. The van der Waals surface area contributed by atoms with Crippen molar-refractivity contribution in [3.05, 3.63) is 30.3 Å². The number of amides is 3. The van der Waals surface area contributed by atoms with Gasteiger partial charge in [0, 0.05) is 18.8 Å². The molecule has 0 aromatic heterocycles. The van der Waals surface area contributed by atoms with E-state index >= 15 is 0 Å². The average Bonchev–Trinajstić information content (AvgIpc) is 2.38. The van der Waals surface area contributed by atoms with Crippen molar-refractivity contribution in [1.29, 1.82) is 0 Å². The van der Waals surface area contributed by atoms with Crippen LogP contribution in [0, 0.1) is 0 Å². The lowest BCUT2D eigenvalue weighted by atomic mass is 10.2. The highest BCUT2D eigenvalue weighted by atomic mass is 16.3. The predicted molar refractivity (Wildman–Crippen MR) is 77.6 cm³/mol. The molecule has 0 saturated carbocycles. The van der Waals surface area contributed by atoms with Crippen molar-refractivity contribution >= 4 is 17.6 Å². The van der Waals surface area contributed by atoms with Crippen LogP contribution < -0.4 is 15.5 Å². The summed E-state index contributed by atoms with van der Waals surface area (Å²) < 4.78 is 0. The highest BCUT2D eigenvalue weighted by Gasteiger charge is 2.15. The van der Waals surface area contributed by atoms with E-state index in [2.05, 4.69) is 10.6 Å². The van der Waals surface area contributed by atoms with Gasteiger partial charge in [-0.05, 0) is 26.0 Å². The number of aliphatic hydroxyl groups is 1. The molecular formula is C14H21N3O3. The Kier molecular flexibility index (Phi) is 6.52. The Morgan fingerprint density at radius 2 is 1.95 bits per heavy atom. The van der Waals surface area contributed by atoms with E-state index in [-0.39, 0.29) is 6.54 Å². The summed E-state index contributed by atoms with van der Waals surface area (Å²) >= 11 is 0. The molecule has 0 aliphatic rings. The minimum atomic E-state index is -0.576. The predicted octanol–water partition coefficient (Wildman–Crippen LogP) is 0.720. The standard InChI is InChI=1S/C14H21N3O3/c1-3-15-14(20)16-13(19)10-17(9-11(2)18)12-7-5-4-6-8-12/h4-8,11,18H,3,9-10H2,1-2H3,(H2,15,16,19,20)/t11-/m1/s1. The number of benzene rings is 1. The van der Waals surface area contributed by atoms with Gasteiger partial charge in [0.05, 0.1) is 12.6 Å². The number of anilines is 1. The van der Waals surface area contributed by atoms with Gasteiger partial charge in [-0.2, -0.15) is 0 Å². The monoisotopic (exact) mass is 279 g/mol. The van der Waals surface area contributed by atoms with Crippen molar-refractivity contribution in [2.75, 3.05) is 24.5 Å². The maximum absolute atomic E-state index is 11.8. The van der Waals surface area contributed by atoms with Crippen LogP contribution in [-0.4, -0.2) is 42.8 Å². The second-order valence-electron chi connectivity index (χ2n) is 4.47. The van der Waals surface area contributed by atoms with E-state index in [1.54, 1.807) is 18.7 Å². The molecule has 0 aliphatic heterocycles. The summed E-state index contributed by atoms with van der Waals surface area (Å²) in [5.74, 6) is -0.416. The van der Waals surface area contributed by atoms with E-state index in [1.807, 2.05) is 30.3 Å². The molecule has 0 heterocycles. The number of para-hydroxylation sites is 1. The van der Waals surface area contributed by atoms with Crippen molar-refractivity contribution in [3.8, 4) is 0 Å². The van der Waals surface area contributed by atoms with Gasteiger partial charge >= 0.3 is 6.03 Å². The molecule has 6 nitrogen and oxygen atoms in total. The molecule has 0 radical (unpaired) electrons. The van der Waals surface area contributed by atoms with Crippen LogP contribution in [0.1, 0.15) is 13.8 Å². The molecule has 1 rings (SSSR count). The number of aliphatic hydroxyl groups excluding tert-OH is 1. The van der Waals surface area contributed by atoms with E-state index in [0.717, 1.165) is 5.69 Å². The number of carbonyl (C=O) groups excluding carboxylic acids is 2. The van der Waals surface area contributed by atoms with Crippen molar-refractivity contribution in [2.45, 2.75) is 20.0 Å². The van der Waals surface area contributed by atoms with Crippen LogP contribution in [0.3, 0.4) is 0 Å². The molecule has 0 saturated heterocycles. The van der Waals surface area contributed by atoms with Crippen LogP contribution in [0.25, 0.3) is 0 Å².